The number of anilines is 6. The zero-order valence-corrected chi connectivity index (χ0v) is 81.9. The minimum Gasteiger partial charge on any atom is -0.456 e. The number of hydrogen-bond acceptors (Lipinski definition) is 6. The van der Waals surface area contributed by atoms with Crippen LogP contribution < -0.4 is 9.80 Å². The number of hydrogen-bond donors (Lipinski definition) is 1. The van der Waals surface area contributed by atoms with Crippen molar-refractivity contribution in [3.05, 3.63) is 457 Å². The van der Waals surface area contributed by atoms with Gasteiger partial charge in [0.25, 0.3) is 0 Å². The molecule has 3 aliphatic rings. The number of nitrogens with one attached hydrogen (secondary N) is 1. The summed E-state index contributed by atoms with van der Waals surface area (Å²) >= 11 is 3.79. The summed E-state index contributed by atoms with van der Waals surface area (Å²) in [6.07, 6.45) is 1.82. The largest absolute Gasteiger partial charge is 0.456 e. The van der Waals surface area contributed by atoms with E-state index in [1.165, 1.54) is 167 Å². The van der Waals surface area contributed by atoms with Gasteiger partial charge in [-0.1, -0.05) is 344 Å². The van der Waals surface area contributed by atoms with Gasteiger partial charge < -0.3 is 14.2 Å². The fourth-order valence-electron chi connectivity index (χ4n) is 22.7. The monoisotopic (exact) mass is 1830 g/mol. The fourth-order valence-corrected chi connectivity index (χ4v) is 24.9. The molecule has 0 saturated carbocycles. The van der Waals surface area contributed by atoms with E-state index in [9.17, 15) is 0 Å². The fraction of sp³-hybridized carbons (Fsp3) is 0.137. The second kappa shape index (κ2) is 32.9. The summed E-state index contributed by atoms with van der Waals surface area (Å²) in [5.74, 6) is 0.690. The van der Waals surface area contributed by atoms with Gasteiger partial charge in [0.1, 0.15) is 11.2 Å². The molecule has 139 heavy (non-hydrogen) atoms. The number of aliphatic imine (C=N–C) groups is 2. The Morgan fingerprint density at radius 3 is 1.27 bits per heavy atom. The highest BCUT2D eigenvalue weighted by molar-refractivity contribution is 7.26. The van der Waals surface area contributed by atoms with Crippen LogP contribution in [0.3, 0.4) is 0 Å². The van der Waals surface area contributed by atoms with Gasteiger partial charge in [-0.05, 0) is 293 Å². The topological polar surface area (TPSA) is 68.2 Å². The summed E-state index contributed by atoms with van der Waals surface area (Å²) in [7, 11) is 0. The van der Waals surface area contributed by atoms with E-state index in [4.69, 9.17) is 19.8 Å². The molecule has 3 aromatic heterocycles. The molecule has 0 unspecified atom stereocenters. The molecule has 8 heteroatoms. The normalized spacial score (nSPS) is 15.0. The first-order valence-corrected chi connectivity index (χ1v) is 50.1. The molecule has 0 saturated heterocycles. The first-order chi connectivity index (χ1) is 67.3. The van der Waals surface area contributed by atoms with Crippen LogP contribution in [0, 0.1) is 5.41 Å². The zero-order chi connectivity index (χ0) is 94.8. The molecule has 1 N–H and O–H groups in total. The minimum atomic E-state index is -0.0813. The van der Waals surface area contributed by atoms with Gasteiger partial charge in [0.2, 0.25) is 0 Å². The average Bonchev–Trinajstić information content (AvgIpc) is 1.30. The van der Waals surface area contributed by atoms with Crippen LogP contribution in [0.1, 0.15) is 133 Å². The summed E-state index contributed by atoms with van der Waals surface area (Å²) in [6, 6.07) is 147. The Kier molecular flexibility index (Phi) is 20.5. The lowest BCUT2D eigenvalue weighted by Gasteiger charge is -2.49. The number of fused-ring (bicyclic) bond motifs is 26. The summed E-state index contributed by atoms with van der Waals surface area (Å²) in [5, 5.41) is 28.8. The van der Waals surface area contributed by atoms with E-state index < -0.39 is 0 Å². The van der Waals surface area contributed by atoms with E-state index >= 15 is 0 Å². The number of amidine groups is 2. The van der Waals surface area contributed by atoms with Gasteiger partial charge in [-0.3, -0.25) is 5.41 Å². The van der Waals surface area contributed by atoms with Crippen LogP contribution in [0.2, 0.25) is 0 Å². The maximum absolute atomic E-state index is 8.77. The Balaban J connectivity index is 0.000000113. The summed E-state index contributed by atoms with van der Waals surface area (Å²) in [5.41, 5.74) is 27.5. The van der Waals surface area contributed by atoms with Crippen LogP contribution in [0.15, 0.2) is 421 Å². The van der Waals surface area contributed by atoms with Crippen LogP contribution in [-0.4, -0.2) is 17.9 Å². The predicted molar refractivity (Wildman–Crippen MR) is 598 cm³/mol. The Hall–Kier alpha value is -15.5. The predicted octanol–water partition coefficient (Wildman–Crippen LogP) is 37.0. The van der Waals surface area contributed by atoms with E-state index in [0.717, 1.165) is 66.8 Å². The molecule has 0 amide bonds. The van der Waals surface area contributed by atoms with E-state index in [0.29, 0.717) is 5.84 Å². The van der Waals surface area contributed by atoms with Crippen molar-refractivity contribution in [2.75, 3.05) is 9.80 Å². The first kappa shape index (κ1) is 86.4. The van der Waals surface area contributed by atoms with Crippen molar-refractivity contribution in [1.82, 2.24) is 0 Å². The van der Waals surface area contributed by atoms with Gasteiger partial charge in [0.15, 0.2) is 11.7 Å². The van der Waals surface area contributed by atoms with Crippen molar-refractivity contribution >= 4 is 191 Å². The van der Waals surface area contributed by atoms with Gasteiger partial charge in [-0.2, -0.15) is 0 Å². The molecule has 23 aromatic rings. The molecule has 0 atom stereocenters. The number of para-hydroxylation sites is 3. The molecule has 26 rings (SSSR count). The first-order valence-electron chi connectivity index (χ1n) is 48.4. The molecule has 672 valence electrons. The van der Waals surface area contributed by atoms with E-state index in [2.05, 4.69) is 427 Å². The Bertz CT molecular complexity index is 9040. The summed E-state index contributed by atoms with van der Waals surface area (Å²) in [4.78, 5) is 14.4. The molecule has 0 spiro atoms. The Morgan fingerprint density at radius 2 is 0.655 bits per heavy atom. The van der Waals surface area contributed by atoms with E-state index in [1.807, 2.05) is 102 Å². The lowest BCUT2D eigenvalue weighted by Crippen LogP contribution is -2.43. The SMILES string of the molecule is CC1(C)c2cc3sc4ccc(N(c5ccccc5)c5ccc6sc7ccccc7c6c5)cc4c3cc2-c2ccc3ccccc3c2C1(C)C.CC1(C)c2ccccc2-c2cc3ccc4ccc(C(N=Cc5ccccc5)=NC(=N)c5ccccc5)cc4c3cc2C1(C)C.CC1(C)c2ccccc2-c2cc3ccc4ccc(N(c5ccccc5)c5ccc6c(c5)oc5ccccc56)cc4c3cc2C1(C)C. The number of rotatable bonds is 9. The summed E-state index contributed by atoms with van der Waals surface area (Å²) < 4.78 is 11.7. The average molecular weight is 1830 g/mol. The van der Waals surface area contributed by atoms with Gasteiger partial charge in [-0.25, -0.2) is 9.98 Å². The van der Waals surface area contributed by atoms with Crippen molar-refractivity contribution < 1.29 is 4.42 Å². The molecule has 0 aliphatic heterocycles. The number of benzene rings is 20. The minimum absolute atomic E-state index is 0.0145. The quantitative estimate of drug-likeness (QED) is 0.0889. The van der Waals surface area contributed by atoms with Crippen molar-refractivity contribution in [1.29, 1.82) is 5.41 Å². The highest BCUT2D eigenvalue weighted by atomic mass is 32.1. The Morgan fingerprint density at radius 1 is 0.252 bits per heavy atom. The van der Waals surface area contributed by atoms with Crippen molar-refractivity contribution in [3.63, 3.8) is 0 Å². The molecular formula is C131H105N5OS2. The molecule has 6 nitrogen and oxygen atoms in total. The third-order valence-electron chi connectivity index (χ3n) is 32.3. The zero-order valence-electron chi connectivity index (χ0n) is 80.3. The lowest BCUT2D eigenvalue weighted by molar-refractivity contribution is 0.299. The van der Waals surface area contributed by atoms with E-state index in [-0.39, 0.29) is 38.3 Å². The molecular weight excluding hydrogens is 1720 g/mol. The second-order valence-electron chi connectivity index (χ2n) is 41.2. The van der Waals surface area contributed by atoms with Crippen LogP contribution >= 0.6 is 22.7 Å². The molecule has 20 aromatic carbocycles. The van der Waals surface area contributed by atoms with Crippen LogP contribution in [0.4, 0.5) is 34.1 Å². The van der Waals surface area contributed by atoms with Crippen LogP contribution in [-0.2, 0) is 32.5 Å². The van der Waals surface area contributed by atoms with Gasteiger partial charge in [-0.15, -0.1) is 22.7 Å². The third-order valence-corrected chi connectivity index (χ3v) is 34.6. The van der Waals surface area contributed by atoms with Crippen LogP contribution in [0.5, 0.6) is 0 Å². The number of nitrogens with zero attached hydrogens (tertiary/aromatic N) is 4. The maximum atomic E-state index is 8.77. The van der Waals surface area contributed by atoms with Gasteiger partial charge in [0, 0.05) is 114 Å². The molecule has 3 heterocycles. The van der Waals surface area contributed by atoms with Crippen molar-refractivity contribution in [2.24, 2.45) is 9.98 Å². The van der Waals surface area contributed by atoms with Crippen LogP contribution in [0.25, 0.3) is 150 Å². The highest BCUT2D eigenvalue weighted by Crippen LogP contribution is 2.61. The Labute approximate surface area is 819 Å². The number of furan rings is 1. The highest BCUT2D eigenvalue weighted by Gasteiger charge is 2.49. The molecule has 0 fully saturated rings. The third kappa shape index (κ3) is 14.1. The van der Waals surface area contributed by atoms with Gasteiger partial charge >= 0.3 is 0 Å². The second-order valence-corrected chi connectivity index (χ2v) is 43.3. The lowest BCUT2D eigenvalue weighted by atomic mass is 9.54. The molecule has 3 aliphatic carbocycles. The standard InChI is InChI=1S/C46H35NS2.C44H35NO.C41H35N3/c1-45(2)39-27-43-38(26-35(39)34-21-18-28-12-8-9-15-32(28)44(34)46(45,3)4)37-25-31(20-23-42(37)49-43)47(29-13-6-5-7-14-29)30-19-22-41-36(24-30)33-16-10-11-17-40(33)48-41;1-43(2)39-16-10-8-14-33(39)38-24-29-19-18-28-20-21-31(25-36(28)37(29)27-40(38)44(43,3)4)45(30-12-6-5-7-13-30)32-22-23-35-34-15-9-11-17-41(34)46-42(35)26-32;1-40(2)36-18-12-11-17-32(36)35-23-30-21-19-28-20-22-31(24-33(28)34(30)25-37(35)41(40,3)4)39(43-26-27-13-7-5-8-14-27)44-38(42)29-15-9-6-10-16-29/h5-27H,1-4H3;5-27H,1-4H3;5-26,42H,1-4H3. The molecule has 0 radical (unpaired) electrons. The van der Waals surface area contributed by atoms with Gasteiger partial charge in [0.05, 0.1) is 0 Å². The smallest absolute Gasteiger partial charge is 0.161 e. The van der Waals surface area contributed by atoms with Crippen molar-refractivity contribution in [3.8, 4) is 33.4 Å². The summed E-state index contributed by atoms with van der Waals surface area (Å²) in [6.45, 7) is 28.9. The molecule has 0 bridgehead atoms. The maximum Gasteiger partial charge on any atom is 0.161 e. The number of thiophene rings is 2. The van der Waals surface area contributed by atoms with E-state index in [1.54, 1.807) is 0 Å². The van der Waals surface area contributed by atoms with Crippen molar-refractivity contribution in [2.45, 2.75) is 116 Å².